The van der Waals surface area contributed by atoms with Crippen LogP contribution in [-0.2, 0) is 0 Å². The van der Waals surface area contributed by atoms with Gasteiger partial charge >= 0.3 is 0 Å². The van der Waals surface area contributed by atoms with Gasteiger partial charge in [-0.2, -0.15) is 0 Å². The first kappa shape index (κ1) is 21.7. The molecule has 0 aromatic carbocycles. The molecule has 7 nitrogen and oxygen atoms in total. The van der Waals surface area contributed by atoms with Crippen LogP contribution in [-0.4, -0.2) is 97.9 Å². The number of hydrogen-bond donors (Lipinski definition) is 6. The van der Waals surface area contributed by atoms with Gasteiger partial charge in [-0.25, -0.2) is 0 Å². The van der Waals surface area contributed by atoms with Crippen LogP contribution in [0.2, 0.25) is 0 Å². The molecule has 1 fully saturated rings. The van der Waals surface area contributed by atoms with Gasteiger partial charge < -0.3 is 31.3 Å². The van der Waals surface area contributed by atoms with Gasteiger partial charge in [-0.3, -0.25) is 4.90 Å². The Morgan fingerprint density at radius 3 is 1.68 bits per heavy atom. The fourth-order valence-electron chi connectivity index (χ4n) is 2.38. The van der Waals surface area contributed by atoms with E-state index in [4.69, 9.17) is 5.11 Å². The van der Waals surface area contributed by atoms with Crippen LogP contribution in [0.5, 0.6) is 0 Å². The first-order chi connectivity index (χ1) is 10.8. The lowest BCUT2D eigenvalue weighted by atomic mass is 10.1. The van der Waals surface area contributed by atoms with E-state index >= 15 is 0 Å². The smallest absolute Gasteiger partial charge is 0.0786 e. The average molecular weight is 320 g/mol. The minimum atomic E-state index is -0.765. The van der Waals surface area contributed by atoms with E-state index < -0.39 is 6.10 Å². The molecule has 0 bridgehead atoms. The number of nitrogens with one attached hydrogen (secondary N) is 3. The van der Waals surface area contributed by atoms with Gasteiger partial charge in [0.15, 0.2) is 0 Å². The van der Waals surface area contributed by atoms with Gasteiger partial charge in [-0.1, -0.05) is 13.8 Å². The molecule has 7 heteroatoms. The van der Waals surface area contributed by atoms with Gasteiger partial charge in [0, 0.05) is 58.4 Å². The van der Waals surface area contributed by atoms with Gasteiger partial charge in [0.1, 0.15) is 0 Å². The summed E-state index contributed by atoms with van der Waals surface area (Å²) < 4.78 is 0. The highest BCUT2D eigenvalue weighted by atomic mass is 16.3. The van der Waals surface area contributed by atoms with Gasteiger partial charge in [-0.05, 0) is 6.42 Å². The van der Waals surface area contributed by atoms with Crippen molar-refractivity contribution in [3.63, 3.8) is 0 Å². The number of rotatable bonds is 5. The molecule has 2 atom stereocenters. The average Bonchev–Trinajstić information content (AvgIpc) is 2.55. The highest BCUT2D eigenvalue weighted by Crippen LogP contribution is 2.06. The first-order valence-corrected chi connectivity index (χ1v) is 8.54. The molecule has 0 aromatic rings. The van der Waals surface area contributed by atoms with Crippen molar-refractivity contribution in [3.8, 4) is 0 Å². The fraction of sp³-hybridized carbons (Fsp3) is 1.00. The van der Waals surface area contributed by atoms with E-state index in [1.165, 1.54) is 0 Å². The summed E-state index contributed by atoms with van der Waals surface area (Å²) in [5.74, 6) is 0. The van der Waals surface area contributed by atoms with Crippen LogP contribution < -0.4 is 16.0 Å². The Morgan fingerprint density at radius 1 is 0.818 bits per heavy atom. The molecule has 0 spiro atoms. The zero-order valence-electron chi connectivity index (χ0n) is 14.2. The van der Waals surface area contributed by atoms with Crippen molar-refractivity contribution >= 4 is 0 Å². The summed E-state index contributed by atoms with van der Waals surface area (Å²) in [5, 5.41) is 38.1. The van der Waals surface area contributed by atoms with Crippen LogP contribution in [0, 0.1) is 0 Å². The summed E-state index contributed by atoms with van der Waals surface area (Å²) >= 11 is 0. The lowest BCUT2D eigenvalue weighted by Gasteiger charge is -2.32. The Labute approximate surface area is 135 Å². The minimum Gasteiger partial charge on any atom is -0.395 e. The van der Waals surface area contributed by atoms with Gasteiger partial charge in [0.2, 0.25) is 0 Å². The maximum absolute atomic E-state index is 9.57. The van der Waals surface area contributed by atoms with E-state index in [0.717, 1.165) is 52.4 Å². The molecule has 1 saturated heterocycles. The molecular formula is C15H36N4O3. The number of aliphatic hydroxyl groups is 3. The summed E-state index contributed by atoms with van der Waals surface area (Å²) in [4.78, 5) is 2.17. The van der Waals surface area contributed by atoms with Gasteiger partial charge in [0.05, 0.1) is 19.3 Å². The summed E-state index contributed by atoms with van der Waals surface area (Å²) in [5.41, 5.74) is 0. The highest BCUT2D eigenvalue weighted by molar-refractivity contribution is 4.76. The molecule has 22 heavy (non-hydrogen) atoms. The lowest BCUT2D eigenvalue weighted by Crippen LogP contribution is -2.48. The van der Waals surface area contributed by atoms with Crippen molar-refractivity contribution in [3.05, 3.63) is 0 Å². The van der Waals surface area contributed by atoms with Crippen LogP contribution in [0.15, 0.2) is 0 Å². The Hall–Kier alpha value is -0.280. The molecule has 1 heterocycles. The Bertz CT molecular complexity index is 223. The van der Waals surface area contributed by atoms with Crippen LogP contribution in [0.1, 0.15) is 20.3 Å². The Balaban J connectivity index is 0.00000211. The van der Waals surface area contributed by atoms with E-state index in [2.05, 4.69) is 20.9 Å². The van der Waals surface area contributed by atoms with E-state index in [9.17, 15) is 10.2 Å². The zero-order valence-corrected chi connectivity index (χ0v) is 14.2. The second-order valence-corrected chi connectivity index (χ2v) is 5.19. The van der Waals surface area contributed by atoms with E-state index in [1.807, 2.05) is 13.8 Å². The van der Waals surface area contributed by atoms with Crippen molar-refractivity contribution in [2.75, 3.05) is 65.6 Å². The standard InChI is InChI=1S/C13H30N4O3.C2H6/c18-10-12(9-13(20)11-19)17-7-5-15-3-1-14-2-4-16-6-8-17;1-2/h12-16,18-20H,1-11H2;1-2H3. The molecule has 1 aliphatic rings. The molecule has 0 amide bonds. The van der Waals surface area contributed by atoms with Crippen molar-refractivity contribution in [2.24, 2.45) is 0 Å². The molecule has 0 radical (unpaired) electrons. The molecule has 1 rings (SSSR count). The predicted octanol–water partition coefficient (Wildman–Crippen LogP) is -1.80. The number of nitrogens with zero attached hydrogens (tertiary/aromatic N) is 1. The van der Waals surface area contributed by atoms with Gasteiger partial charge in [-0.15, -0.1) is 0 Å². The Kier molecular flexibility index (Phi) is 15.4. The van der Waals surface area contributed by atoms with E-state index in [0.29, 0.717) is 6.42 Å². The quantitative estimate of drug-likeness (QED) is 0.356. The molecule has 0 aliphatic carbocycles. The largest absolute Gasteiger partial charge is 0.395 e. The second kappa shape index (κ2) is 15.6. The maximum atomic E-state index is 9.57. The van der Waals surface area contributed by atoms with Crippen molar-refractivity contribution in [1.82, 2.24) is 20.9 Å². The third-order valence-electron chi connectivity index (χ3n) is 3.59. The molecule has 1 aliphatic heterocycles. The van der Waals surface area contributed by atoms with E-state index in [1.54, 1.807) is 0 Å². The first-order valence-electron chi connectivity index (χ1n) is 8.54. The molecule has 2 unspecified atom stereocenters. The third kappa shape index (κ3) is 10.4. The van der Waals surface area contributed by atoms with Crippen LogP contribution >= 0.6 is 0 Å². The zero-order chi connectivity index (χ0) is 16.6. The topological polar surface area (TPSA) is 100 Å². The summed E-state index contributed by atoms with van der Waals surface area (Å²) in [7, 11) is 0. The van der Waals surface area contributed by atoms with Crippen LogP contribution in [0.4, 0.5) is 0 Å². The molecule has 134 valence electrons. The summed E-state index contributed by atoms with van der Waals surface area (Å²) in [6, 6.07) is -0.109. The second-order valence-electron chi connectivity index (χ2n) is 5.19. The summed E-state index contributed by atoms with van der Waals surface area (Å²) in [6.07, 6.45) is -0.368. The lowest BCUT2D eigenvalue weighted by molar-refractivity contribution is 0.0372. The minimum absolute atomic E-state index is 0.00137. The van der Waals surface area contributed by atoms with E-state index in [-0.39, 0.29) is 19.3 Å². The summed E-state index contributed by atoms with van der Waals surface area (Å²) in [6.45, 7) is 10.9. The van der Waals surface area contributed by atoms with Crippen LogP contribution in [0.3, 0.4) is 0 Å². The van der Waals surface area contributed by atoms with Crippen molar-refractivity contribution < 1.29 is 15.3 Å². The maximum Gasteiger partial charge on any atom is 0.0786 e. The van der Waals surface area contributed by atoms with Crippen LogP contribution in [0.25, 0.3) is 0 Å². The SMILES string of the molecule is CC.OCC(O)CC(CO)N1CCNCCNCCNCC1. The molecule has 0 aromatic heterocycles. The Morgan fingerprint density at radius 2 is 1.27 bits per heavy atom. The molecule has 0 saturated carbocycles. The highest BCUT2D eigenvalue weighted by Gasteiger charge is 2.20. The van der Waals surface area contributed by atoms with Crippen molar-refractivity contribution in [2.45, 2.75) is 32.4 Å². The third-order valence-corrected chi connectivity index (χ3v) is 3.59. The fourth-order valence-corrected chi connectivity index (χ4v) is 2.38. The number of hydrogen-bond acceptors (Lipinski definition) is 7. The normalized spacial score (nSPS) is 21.7. The molecule has 6 N–H and O–H groups in total. The van der Waals surface area contributed by atoms with Gasteiger partial charge in [0.25, 0.3) is 0 Å². The monoisotopic (exact) mass is 320 g/mol. The number of aliphatic hydroxyl groups excluding tert-OH is 3. The van der Waals surface area contributed by atoms with Crippen molar-refractivity contribution in [1.29, 1.82) is 0 Å². The molecular weight excluding hydrogens is 284 g/mol. The predicted molar refractivity (Wildman–Crippen MR) is 90.1 cm³/mol.